The molecule has 0 aliphatic carbocycles. The van der Waals surface area contributed by atoms with Gasteiger partial charge in [0.05, 0.1) is 21.8 Å². The molecule has 2 aromatic heterocycles. The van der Waals surface area contributed by atoms with Crippen molar-refractivity contribution in [1.29, 1.82) is 0 Å². The van der Waals surface area contributed by atoms with Gasteiger partial charge in [-0.15, -0.1) is 0 Å². The van der Waals surface area contributed by atoms with E-state index in [0.29, 0.717) is 11.8 Å². The molecule has 5 aromatic carbocycles. The number of nitrogens with zero attached hydrogens (tertiary/aromatic N) is 4. The summed E-state index contributed by atoms with van der Waals surface area (Å²) in [5.41, 5.74) is 6.84. The van der Waals surface area contributed by atoms with E-state index in [1.807, 2.05) is 0 Å². The molecule has 0 amide bonds. The summed E-state index contributed by atoms with van der Waals surface area (Å²) in [6.45, 7) is 11.3. The van der Waals surface area contributed by atoms with Gasteiger partial charge in [0.1, 0.15) is 22.1 Å². The van der Waals surface area contributed by atoms with E-state index in [2.05, 4.69) is 122 Å². The molecule has 9 rings (SSSR count). The van der Waals surface area contributed by atoms with Crippen molar-refractivity contribution in [3.8, 4) is 23.0 Å². The minimum Gasteiger partial charge on any atom is -0.452 e. The molecule has 0 bridgehead atoms. The Kier molecular flexibility index (Phi) is 26.3. The van der Waals surface area contributed by atoms with E-state index in [-0.39, 0.29) is 0 Å². The number of hydrogen-bond acceptors (Lipinski definition) is 4. The molecule has 2 aliphatic rings. The van der Waals surface area contributed by atoms with E-state index in [1.165, 1.54) is 300 Å². The van der Waals surface area contributed by atoms with Gasteiger partial charge in [0.15, 0.2) is 23.0 Å². The number of ether oxygens (including phenoxy) is 2. The molecular weight excluding hydrogens is 1020 g/mol. The summed E-state index contributed by atoms with van der Waals surface area (Å²) in [6, 6.07) is 31.2. The SMILES string of the molecule is CCCCCCCCCCCCC(CCCCCCCCCC)Cn1c2ccccc2c2c3c(ccc21)N=c1cc2c(cc1O3)=Nc1ccc3c(c1O2)c1ccccc1n3CC(CCCCCCCCCC)CCCCCCCCCCCC. The highest BCUT2D eigenvalue weighted by Crippen LogP contribution is 2.48. The van der Waals surface area contributed by atoms with Crippen molar-refractivity contribution in [2.75, 3.05) is 0 Å². The van der Waals surface area contributed by atoms with Gasteiger partial charge in [0.25, 0.3) is 0 Å². The van der Waals surface area contributed by atoms with E-state index in [1.54, 1.807) is 0 Å². The van der Waals surface area contributed by atoms with Gasteiger partial charge in [0.2, 0.25) is 0 Å². The van der Waals surface area contributed by atoms with Crippen LogP contribution in [-0.4, -0.2) is 9.13 Å². The first kappa shape index (κ1) is 63.4. The van der Waals surface area contributed by atoms with Crippen molar-refractivity contribution < 1.29 is 9.47 Å². The van der Waals surface area contributed by atoms with Gasteiger partial charge < -0.3 is 18.6 Å². The zero-order valence-electron chi connectivity index (χ0n) is 53.5. The smallest absolute Gasteiger partial charge is 0.163 e. The second kappa shape index (κ2) is 34.9. The van der Waals surface area contributed by atoms with Crippen LogP contribution in [0.5, 0.6) is 23.0 Å². The van der Waals surface area contributed by atoms with Crippen LogP contribution in [0.2, 0.25) is 0 Å². The highest BCUT2D eigenvalue weighted by atomic mass is 16.5. The average Bonchev–Trinajstić information content (AvgIpc) is 4.16. The number of hydrogen-bond donors (Lipinski definition) is 0. The van der Waals surface area contributed by atoms with Crippen LogP contribution in [0.1, 0.15) is 285 Å². The normalized spacial score (nSPS) is 13.4. The first-order valence-corrected chi connectivity index (χ1v) is 35.6. The maximum Gasteiger partial charge on any atom is 0.163 e. The number of unbranched alkanes of at least 4 members (excludes halogenated alkanes) is 32. The third kappa shape index (κ3) is 17.5. The largest absolute Gasteiger partial charge is 0.452 e. The Morgan fingerprint density at radius 1 is 0.321 bits per heavy atom. The summed E-state index contributed by atoms with van der Waals surface area (Å²) in [5, 5.41) is 6.40. The fraction of sp³-hybridized carbons (Fsp3) is 0.615. The number of rotatable bonds is 44. The topological polar surface area (TPSA) is 53.0 Å². The Morgan fingerprint density at radius 2 is 0.607 bits per heavy atom. The van der Waals surface area contributed by atoms with Gasteiger partial charge in [-0.2, -0.15) is 0 Å². The summed E-state index contributed by atoms with van der Waals surface area (Å²) in [7, 11) is 0. The first-order valence-electron chi connectivity index (χ1n) is 35.6. The van der Waals surface area contributed by atoms with Gasteiger partial charge in [-0.25, -0.2) is 9.98 Å². The van der Waals surface area contributed by atoms with Crippen LogP contribution in [0.4, 0.5) is 11.4 Å². The molecule has 6 nitrogen and oxygen atoms in total. The van der Waals surface area contributed by atoms with Crippen molar-refractivity contribution in [2.24, 2.45) is 21.8 Å². The quantitative estimate of drug-likeness (QED) is 0.0357. The standard InChI is InChI=1S/C78H112N4O2/c1-5-9-13-17-21-25-27-31-35-39-47-61(45-37-33-29-23-19-15-11-7-3)59-81-69-51-43-41-49-63(69)75-71(81)55-53-65-77(75)83-73-57-68-74(58-67(73)79-65)84-78-66(80-68)54-56-72-76(78)64-50-42-44-52-70(64)82(72)60-62(46-38-34-30-24-20-16-12-8-4)48-40-36-32-28-26-22-18-14-10-6-2/h41-44,49-58,61-62H,5-40,45-48,59-60H2,1-4H3. The highest BCUT2D eigenvalue weighted by molar-refractivity contribution is 6.14. The lowest BCUT2D eigenvalue weighted by Gasteiger charge is -2.21. The molecule has 7 aromatic rings. The minimum absolute atomic E-state index is 0.648. The molecule has 2 aliphatic heterocycles. The maximum absolute atomic E-state index is 7.11. The fourth-order valence-electron chi connectivity index (χ4n) is 14.5. The van der Waals surface area contributed by atoms with Gasteiger partial charge in [0, 0.05) is 47.0 Å². The van der Waals surface area contributed by atoms with Gasteiger partial charge in [-0.05, 0) is 73.9 Å². The first-order chi connectivity index (χ1) is 41.6. The molecule has 456 valence electrons. The molecule has 2 unspecified atom stereocenters. The number of fused-ring (bicyclic) bond motifs is 12. The molecule has 0 N–H and O–H groups in total. The molecule has 0 fully saturated rings. The van der Waals surface area contributed by atoms with Crippen LogP contribution in [0, 0.1) is 11.8 Å². The zero-order valence-corrected chi connectivity index (χ0v) is 53.5. The van der Waals surface area contributed by atoms with Crippen molar-refractivity contribution in [3.05, 3.63) is 95.6 Å². The van der Waals surface area contributed by atoms with E-state index >= 15 is 0 Å². The predicted octanol–water partition coefficient (Wildman–Crippen LogP) is 24.9. The lowest BCUT2D eigenvalue weighted by molar-refractivity contribution is 0.364. The van der Waals surface area contributed by atoms with Crippen LogP contribution in [0.25, 0.3) is 43.6 Å². The molecule has 0 saturated carbocycles. The van der Waals surface area contributed by atoms with Crippen molar-refractivity contribution in [1.82, 2.24) is 9.13 Å². The molecular formula is C78H112N4O2. The van der Waals surface area contributed by atoms with E-state index in [4.69, 9.17) is 19.5 Å². The molecule has 0 spiro atoms. The monoisotopic (exact) mass is 1140 g/mol. The van der Waals surface area contributed by atoms with Crippen LogP contribution in [0.3, 0.4) is 0 Å². The van der Waals surface area contributed by atoms with Gasteiger partial charge in [-0.3, -0.25) is 0 Å². The van der Waals surface area contributed by atoms with E-state index in [0.717, 1.165) is 58.2 Å². The maximum atomic E-state index is 7.11. The average molecular weight is 1140 g/mol. The van der Waals surface area contributed by atoms with Gasteiger partial charge in [-0.1, -0.05) is 295 Å². The van der Waals surface area contributed by atoms with Crippen LogP contribution >= 0.6 is 0 Å². The Balaban J connectivity index is 0.924. The summed E-state index contributed by atoms with van der Waals surface area (Å²) < 4.78 is 19.5. The van der Waals surface area contributed by atoms with Crippen molar-refractivity contribution >= 4 is 55.0 Å². The van der Waals surface area contributed by atoms with Crippen molar-refractivity contribution in [2.45, 2.75) is 298 Å². The lowest BCUT2D eigenvalue weighted by Crippen LogP contribution is -2.18. The Labute approximate surface area is 509 Å². The highest BCUT2D eigenvalue weighted by Gasteiger charge is 2.27. The molecule has 4 heterocycles. The molecule has 0 saturated heterocycles. The number of benzene rings is 5. The third-order valence-electron chi connectivity index (χ3n) is 19.4. The molecule has 84 heavy (non-hydrogen) atoms. The second-order valence-electron chi connectivity index (χ2n) is 26.3. The molecule has 0 radical (unpaired) electrons. The van der Waals surface area contributed by atoms with Crippen molar-refractivity contribution in [3.63, 3.8) is 0 Å². The Morgan fingerprint density at radius 3 is 0.917 bits per heavy atom. The minimum atomic E-state index is 0.648. The molecule has 6 heteroatoms. The summed E-state index contributed by atoms with van der Waals surface area (Å²) in [5.74, 6) is 4.47. The number of aromatic nitrogens is 2. The van der Waals surface area contributed by atoms with E-state index in [9.17, 15) is 0 Å². The number of para-hydroxylation sites is 2. The Hall–Kier alpha value is -5.10. The Bertz CT molecular complexity index is 2980. The summed E-state index contributed by atoms with van der Waals surface area (Å²) >= 11 is 0. The summed E-state index contributed by atoms with van der Waals surface area (Å²) in [4.78, 5) is 10.7. The lowest BCUT2D eigenvalue weighted by atomic mass is 9.93. The van der Waals surface area contributed by atoms with Gasteiger partial charge >= 0.3 is 0 Å². The van der Waals surface area contributed by atoms with E-state index < -0.39 is 0 Å². The second-order valence-corrected chi connectivity index (χ2v) is 26.3. The summed E-state index contributed by atoms with van der Waals surface area (Å²) in [6.07, 6.45) is 54.8. The fourth-order valence-corrected chi connectivity index (χ4v) is 14.5. The predicted molar refractivity (Wildman–Crippen MR) is 361 cm³/mol. The third-order valence-corrected chi connectivity index (χ3v) is 19.4. The van der Waals surface area contributed by atoms with Crippen LogP contribution in [-0.2, 0) is 13.1 Å². The molecule has 2 atom stereocenters. The van der Waals surface area contributed by atoms with Crippen LogP contribution in [0.15, 0.2) is 94.9 Å². The zero-order chi connectivity index (χ0) is 58.0. The van der Waals surface area contributed by atoms with Crippen LogP contribution < -0.4 is 20.2 Å².